The minimum atomic E-state index is -1.19. The molecule has 15 nitrogen and oxygen atoms in total. The number of benzene rings is 3. The van der Waals surface area contributed by atoms with E-state index in [1.54, 1.807) is 0 Å². The van der Waals surface area contributed by atoms with Crippen molar-refractivity contribution >= 4 is 34.8 Å². The van der Waals surface area contributed by atoms with Gasteiger partial charge in [0.1, 0.15) is 23.7 Å². The lowest BCUT2D eigenvalue weighted by atomic mass is 9.90. The van der Waals surface area contributed by atoms with Gasteiger partial charge < -0.3 is 45.0 Å². The number of likely N-dealkylation sites (tertiary alicyclic amines) is 2. The maximum atomic E-state index is 14.1. The van der Waals surface area contributed by atoms with Crippen LogP contribution in [0.4, 0.5) is 9.59 Å². The van der Waals surface area contributed by atoms with Crippen LogP contribution in [-0.2, 0) is 19.1 Å². The fourth-order valence-corrected chi connectivity index (χ4v) is 10.3. The van der Waals surface area contributed by atoms with Gasteiger partial charge in [-0.05, 0) is 96.2 Å². The van der Waals surface area contributed by atoms with Gasteiger partial charge >= 0.3 is 12.2 Å². The number of nitrogens with one attached hydrogen (secondary N) is 4. The Bertz CT molecular complexity index is 2530. The summed E-state index contributed by atoms with van der Waals surface area (Å²) in [7, 11) is 1.30. The maximum absolute atomic E-state index is 14.1. The van der Waals surface area contributed by atoms with E-state index in [0.717, 1.165) is 81.7 Å². The summed E-state index contributed by atoms with van der Waals surface area (Å²) in [6.45, 7) is 4.89. The van der Waals surface area contributed by atoms with Crippen molar-refractivity contribution in [2.75, 3.05) is 20.3 Å². The predicted octanol–water partition coefficient (Wildman–Crippen LogP) is 7.05. The molecule has 0 spiro atoms. The van der Waals surface area contributed by atoms with Crippen molar-refractivity contribution in [3.05, 3.63) is 84.7 Å². The third-order valence-corrected chi connectivity index (χ3v) is 13.9. The highest BCUT2D eigenvalue weighted by molar-refractivity contribution is 5.91. The average Bonchev–Trinajstić information content (AvgIpc) is 3.87. The summed E-state index contributed by atoms with van der Waals surface area (Å²) < 4.78 is 10.3. The number of fused-ring (bicyclic) bond motifs is 3. The molecule has 3 aromatic carbocycles. The summed E-state index contributed by atoms with van der Waals surface area (Å²) in [6, 6.07) is 19.4. The minimum absolute atomic E-state index is 0.101. The zero-order valence-electron chi connectivity index (χ0n) is 35.0. The zero-order chi connectivity index (χ0) is 42.8. The number of alkyl carbamates (subject to hydrolysis) is 1. The van der Waals surface area contributed by atoms with Crippen molar-refractivity contribution < 1.29 is 33.8 Å². The van der Waals surface area contributed by atoms with E-state index in [0.29, 0.717) is 37.9 Å². The average molecular weight is 841 g/mol. The van der Waals surface area contributed by atoms with E-state index in [1.165, 1.54) is 7.11 Å². The number of hydrogen-bond acceptors (Lipinski definition) is 8. The van der Waals surface area contributed by atoms with E-state index in [4.69, 9.17) is 19.4 Å². The Morgan fingerprint density at radius 3 is 1.84 bits per heavy atom. The van der Waals surface area contributed by atoms with E-state index in [2.05, 4.69) is 81.3 Å². The first kappa shape index (κ1) is 39.9. The van der Waals surface area contributed by atoms with Crippen LogP contribution in [0.3, 0.4) is 0 Å². The molecule has 4 amide bonds. The first-order valence-electron chi connectivity index (χ1n) is 21.9. The maximum Gasteiger partial charge on any atom is 0.407 e. The summed E-state index contributed by atoms with van der Waals surface area (Å²) in [5.74, 6) is 1.86. The Labute approximate surface area is 359 Å². The third-order valence-electron chi connectivity index (χ3n) is 13.9. The lowest BCUT2D eigenvalue weighted by molar-refractivity contribution is -0.138. The Kier molecular flexibility index (Phi) is 10.2. The van der Waals surface area contributed by atoms with Crippen molar-refractivity contribution in [1.29, 1.82) is 0 Å². The van der Waals surface area contributed by atoms with Gasteiger partial charge in [-0.25, -0.2) is 19.6 Å². The predicted molar refractivity (Wildman–Crippen MR) is 229 cm³/mol. The van der Waals surface area contributed by atoms with Crippen molar-refractivity contribution in [2.24, 2.45) is 23.7 Å². The fraction of sp³-hybridized carbons (Fsp3) is 0.447. The molecule has 0 bridgehead atoms. The van der Waals surface area contributed by atoms with E-state index in [9.17, 15) is 24.3 Å². The Hall–Kier alpha value is -6.22. The molecule has 2 saturated carbocycles. The van der Waals surface area contributed by atoms with Crippen LogP contribution in [0.1, 0.15) is 76.1 Å². The number of H-pyrrole nitrogens is 2. The van der Waals surface area contributed by atoms with Crippen LogP contribution in [0.2, 0.25) is 0 Å². The molecule has 0 radical (unpaired) electrons. The minimum Gasteiger partial charge on any atom is -0.465 e. The quantitative estimate of drug-likeness (QED) is 0.0926. The summed E-state index contributed by atoms with van der Waals surface area (Å²) >= 11 is 0. The highest BCUT2D eigenvalue weighted by Crippen LogP contribution is 2.54. The van der Waals surface area contributed by atoms with Gasteiger partial charge in [0.25, 0.3) is 0 Å². The molecule has 10 rings (SSSR count). The first-order chi connectivity index (χ1) is 30.0. The second kappa shape index (κ2) is 15.9. The smallest absolute Gasteiger partial charge is 0.407 e. The zero-order valence-corrected chi connectivity index (χ0v) is 35.0. The summed E-state index contributed by atoms with van der Waals surface area (Å²) in [5, 5.41) is 17.1. The number of imidazole rings is 2. The molecule has 5 aromatic rings. The second-order valence-corrected chi connectivity index (χ2v) is 18.1. The Morgan fingerprint density at radius 1 is 0.726 bits per heavy atom. The third kappa shape index (κ3) is 7.45. The standard InChI is InChI=1S/C47H52N8O7/c1-24(2)40(53-47(60)61-3)44(56)54-36-18-32(36)20-38(54)42-48-22-34(50-42)26-6-4-25(5-7-26)28-8-9-30-17-31(11-10-29(30)16-28)35-23-49-43(51-35)39-21-33-19-37(33)55(39)45(57)41(52-46(58)59)27-12-14-62-15-13-27/h4-11,16-17,22-24,27,32-33,36-41,52H,12-15,18-21H2,1-3H3,(H,48,50)(H,49,51)(H,53,60)(H,58,59)/t32-,33+,36+,37+,38-,39-,40-,41-/m0/s1. The topological polar surface area (TPSA) is 195 Å². The van der Waals surface area contributed by atoms with Gasteiger partial charge in [-0.2, -0.15) is 0 Å². The number of carbonyl (C=O) groups excluding carboxylic acids is 3. The number of ether oxygens (including phenoxy) is 2. The molecule has 5 fully saturated rings. The van der Waals surface area contributed by atoms with Crippen LogP contribution in [0.25, 0.3) is 44.4 Å². The molecule has 0 unspecified atom stereocenters. The van der Waals surface area contributed by atoms with Crippen molar-refractivity contribution in [3.8, 4) is 33.6 Å². The van der Waals surface area contributed by atoms with E-state index in [-0.39, 0.29) is 47.8 Å². The normalized spacial score (nSPS) is 25.0. The number of aromatic nitrogens is 4. The second-order valence-electron chi connectivity index (χ2n) is 18.1. The number of amides is 4. The van der Waals surface area contributed by atoms with Crippen molar-refractivity contribution in [2.45, 2.75) is 88.6 Å². The van der Waals surface area contributed by atoms with Gasteiger partial charge in [0.05, 0.1) is 30.6 Å². The molecule has 62 heavy (non-hydrogen) atoms. The molecular weight excluding hydrogens is 789 g/mol. The molecule has 5 heterocycles. The van der Waals surface area contributed by atoms with Gasteiger partial charge in [0.15, 0.2) is 0 Å². The highest BCUT2D eigenvalue weighted by Gasteiger charge is 2.57. The number of carbonyl (C=O) groups is 4. The van der Waals surface area contributed by atoms with Gasteiger partial charge in [0, 0.05) is 48.8 Å². The van der Waals surface area contributed by atoms with Gasteiger partial charge in [-0.3, -0.25) is 9.59 Å². The van der Waals surface area contributed by atoms with Crippen LogP contribution in [0, 0.1) is 23.7 Å². The largest absolute Gasteiger partial charge is 0.465 e. The van der Waals surface area contributed by atoms with Crippen LogP contribution >= 0.6 is 0 Å². The van der Waals surface area contributed by atoms with Crippen LogP contribution < -0.4 is 10.6 Å². The van der Waals surface area contributed by atoms with Crippen molar-refractivity contribution in [3.63, 3.8) is 0 Å². The fourth-order valence-electron chi connectivity index (χ4n) is 10.3. The van der Waals surface area contributed by atoms with Gasteiger partial charge in [0.2, 0.25) is 11.8 Å². The molecule has 15 heteroatoms. The van der Waals surface area contributed by atoms with E-state index < -0.39 is 24.3 Å². The number of nitrogens with zero attached hydrogens (tertiary/aromatic N) is 4. The molecule has 5 aliphatic rings. The number of hydrogen-bond donors (Lipinski definition) is 5. The summed E-state index contributed by atoms with van der Waals surface area (Å²) in [6.07, 6.45) is 6.84. The van der Waals surface area contributed by atoms with E-state index >= 15 is 0 Å². The SMILES string of the molecule is COC(=O)N[C@H](C(=O)N1[C@@H]2C[C@H]2C[C@H]1c1nc(-c2ccc(-c3ccc4cc(-c5c[nH]c([C@@H]6C[C@H]7C[C@H]7N6C(=O)[C@@H](NC(=O)O)C6CCOCC6)n5)ccc4c3)cc2)c[nH]1)C(C)C. The first-order valence-corrected chi connectivity index (χ1v) is 21.9. The molecule has 5 N–H and O–H groups in total. The lowest BCUT2D eigenvalue weighted by Crippen LogP contribution is -2.53. The molecule has 322 valence electrons. The monoisotopic (exact) mass is 840 g/mol. The van der Waals surface area contributed by atoms with Gasteiger partial charge in [-0.1, -0.05) is 62.4 Å². The van der Waals surface area contributed by atoms with Crippen molar-refractivity contribution in [1.82, 2.24) is 40.4 Å². The van der Waals surface area contributed by atoms with Crippen LogP contribution in [0.15, 0.2) is 73.1 Å². The molecule has 3 aliphatic heterocycles. The number of aromatic amines is 2. The number of piperidine rings is 2. The molecule has 8 atom stereocenters. The molecule has 2 aromatic heterocycles. The Balaban J connectivity index is 0.820. The highest BCUT2D eigenvalue weighted by atomic mass is 16.5. The Morgan fingerprint density at radius 2 is 1.26 bits per heavy atom. The molecular formula is C47H52N8O7. The van der Waals surface area contributed by atoms with Gasteiger partial charge in [-0.15, -0.1) is 0 Å². The summed E-state index contributed by atoms with van der Waals surface area (Å²) in [5.41, 5.74) is 5.68. The number of methoxy groups -OCH3 is 1. The summed E-state index contributed by atoms with van der Waals surface area (Å²) in [4.78, 5) is 72.3. The van der Waals surface area contributed by atoms with Crippen LogP contribution in [0.5, 0.6) is 0 Å². The molecule has 2 aliphatic carbocycles. The van der Waals surface area contributed by atoms with E-state index in [1.807, 2.05) is 36.0 Å². The van der Waals surface area contributed by atoms with Crippen LogP contribution in [-0.4, -0.2) is 103 Å². The number of carboxylic acid groups (broad SMARTS) is 1. The lowest BCUT2D eigenvalue weighted by Gasteiger charge is -2.35. The molecule has 3 saturated heterocycles. The number of rotatable bonds is 11.